The van der Waals surface area contributed by atoms with Crippen molar-refractivity contribution < 1.29 is 18.7 Å². The van der Waals surface area contributed by atoms with Gasteiger partial charge in [-0.05, 0) is 30.3 Å². The lowest BCUT2D eigenvalue weighted by Gasteiger charge is -2.05. The van der Waals surface area contributed by atoms with Gasteiger partial charge in [-0.25, -0.2) is 4.39 Å². The molecule has 0 spiro atoms. The summed E-state index contributed by atoms with van der Waals surface area (Å²) in [5, 5.41) is 0. The number of methoxy groups -OCH3 is 1. The summed E-state index contributed by atoms with van der Waals surface area (Å²) in [5.41, 5.74) is 0.969. The van der Waals surface area contributed by atoms with Crippen LogP contribution in [0.3, 0.4) is 0 Å². The fraction of sp³-hybridized carbons (Fsp3) is 0.222. The van der Waals surface area contributed by atoms with Gasteiger partial charge in [0, 0.05) is 18.1 Å². The zero-order valence-electron chi connectivity index (χ0n) is 13.9. The van der Waals surface area contributed by atoms with Gasteiger partial charge in [0.2, 0.25) is 0 Å². The van der Waals surface area contributed by atoms with Gasteiger partial charge in [-0.1, -0.05) is 39.4 Å². The van der Waals surface area contributed by atoms with Gasteiger partial charge >= 0.3 is 0 Å². The Kier molecular flexibility index (Phi) is 6.18. The number of aromatic nitrogens is 1. The maximum absolute atomic E-state index is 13.6. The molecule has 0 aliphatic rings. The second-order valence-corrected chi connectivity index (χ2v) is 7.29. The minimum Gasteiger partial charge on any atom is -0.481 e. The standard InChI is InChI=1S/C18H16BrFN2O3S/c1-24-9-8-22-14-7-6-12(19)10-16(14)26-18(22)21-17(23)11-25-15-5-3-2-4-13(15)20/h2-7,10H,8-9,11H2,1H3. The highest BCUT2D eigenvalue weighted by Gasteiger charge is 2.10. The van der Waals surface area contributed by atoms with Gasteiger partial charge in [-0.3, -0.25) is 4.79 Å². The van der Waals surface area contributed by atoms with Crippen LogP contribution in [-0.4, -0.2) is 30.8 Å². The molecule has 2 aromatic carbocycles. The first kappa shape index (κ1) is 18.8. The third kappa shape index (κ3) is 4.38. The van der Waals surface area contributed by atoms with E-state index in [0.717, 1.165) is 14.7 Å². The van der Waals surface area contributed by atoms with E-state index in [9.17, 15) is 9.18 Å². The normalized spacial score (nSPS) is 11.9. The van der Waals surface area contributed by atoms with Crippen LogP contribution < -0.4 is 9.54 Å². The number of carbonyl (C=O) groups is 1. The van der Waals surface area contributed by atoms with E-state index in [4.69, 9.17) is 9.47 Å². The van der Waals surface area contributed by atoms with Crippen LogP contribution in [0.15, 0.2) is 51.9 Å². The molecule has 0 bridgehead atoms. The fourth-order valence-electron chi connectivity index (χ4n) is 2.37. The van der Waals surface area contributed by atoms with Crippen molar-refractivity contribution in [1.82, 2.24) is 4.57 Å². The van der Waals surface area contributed by atoms with Crippen LogP contribution in [0.1, 0.15) is 0 Å². The molecular weight excluding hydrogens is 423 g/mol. The van der Waals surface area contributed by atoms with Crippen molar-refractivity contribution in [3.63, 3.8) is 0 Å². The minimum atomic E-state index is -0.512. The van der Waals surface area contributed by atoms with Crippen LogP contribution in [0, 0.1) is 5.82 Å². The van der Waals surface area contributed by atoms with Gasteiger partial charge in [-0.2, -0.15) is 4.99 Å². The van der Waals surface area contributed by atoms with E-state index in [1.807, 2.05) is 22.8 Å². The van der Waals surface area contributed by atoms with E-state index in [0.29, 0.717) is 18.0 Å². The van der Waals surface area contributed by atoms with E-state index in [1.54, 1.807) is 19.2 Å². The predicted octanol–water partition coefficient (Wildman–Crippen LogP) is 3.76. The van der Waals surface area contributed by atoms with Crippen LogP contribution in [-0.2, 0) is 16.1 Å². The summed E-state index contributed by atoms with van der Waals surface area (Å²) in [7, 11) is 1.62. The van der Waals surface area contributed by atoms with Crippen molar-refractivity contribution in [2.45, 2.75) is 6.54 Å². The molecule has 0 radical (unpaired) electrons. The fourth-order valence-corrected chi connectivity index (χ4v) is 4.00. The monoisotopic (exact) mass is 438 g/mol. The molecular formula is C18H16BrFN2O3S. The lowest BCUT2D eigenvalue weighted by atomic mass is 10.3. The molecule has 8 heteroatoms. The van der Waals surface area contributed by atoms with Crippen molar-refractivity contribution >= 4 is 43.4 Å². The molecule has 0 N–H and O–H groups in total. The molecule has 0 aliphatic carbocycles. The molecule has 0 unspecified atom stereocenters. The number of para-hydroxylation sites is 1. The molecule has 0 aliphatic heterocycles. The van der Waals surface area contributed by atoms with Crippen molar-refractivity contribution in [3.05, 3.63) is 57.6 Å². The lowest BCUT2D eigenvalue weighted by molar-refractivity contribution is -0.120. The number of amides is 1. The summed E-state index contributed by atoms with van der Waals surface area (Å²) in [6, 6.07) is 11.8. The van der Waals surface area contributed by atoms with Gasteiger partial charge in [0.1, 0.15) is 0 Å². The highest BCUT2D eigenvalue weighted by atomic mass is 79.9. The van der Waals surface area contributed by atoms with E-state index < -0.39 is 11.7 Å². The zero-order chi connectivity index (χ0) is 18.5. The molecule has 26 heavy (non-hydrogen) atoms. The van der Waals surface area contributed by atoms with Crippen molar-refractivity contribution in [2.24, 2.45) is 4.99 Å². The lowest BCUT2D eigenvalue weighted by Crippen LogP contribution is -2.21. The molecule has 1 aromatic heterocycles. The summed E-state index contributed by atoms with van der Waals surface area (Å²) in [6.07, 6.45) is 0. The Morgan fingerprint density at radius 2 is 2.12 bits per heavy atom. The number of hydrogen-bond donors (Lipinski definition) is 0. The number of halogens is 2. The van der Waals surface area contributed by atoms with E-state index in [1.165, 1.54) is 23.5 Å². The summed E-state index contributed by atoms with van der Waals surface area (Å²) in [4.78, 5) is 16.9. The Balaban J connectivity index is 1.87. The zero-order valence-corrected chi connectivity index (χ0v) is 16.3. The van der Waals surface area contributed by atoms with Crippen LogP contribution in [0.5, 0.6) is 5.75 Å². The Morgan fingerprint density at radius 1 is 1.31 bits per heavy atom. The number of thiazole rings is 1. The quantitative estimate of drug-likeness (QED) is 0.588. The summed E-state index contributed by atoms with van der Waals surface area (Å²) in [6.45, 7) is 0.733. The Bertz CT molecular complexity index is 1000. The van der Waals surface area contributed by atoms with E-state index in [-0.39, 0.29) is 12.4 Å². The number of carbonyl (C=O) groups excluding carboxylic acids is 1. The molecule has 0 atom stereocenters. The number of rotatable bonds is 6. The van der Waals surface area contributed by atoms with Crippen molar-refractivity contribution in [3.8, 4) is 5.75 Å². The Labute approximate surface area is 161 Å². The average Bonchev–Trinajstić information content (AvgIpc) is 2.95. The molecule has 3 rings (SSSR count). The molecule has 1 heterocycles. The van der Waals surface area contributed by atoms with Crippen LogP contribution in [0.25, 0.3) is 10.2 Å². The second kappa shape index (κ2) is 8.57. The summed E-state index contributed by atoms with van der Waals surface area (Å²) >= 11 is 4.85. The maximum Gasteiger partial charge on any atom is 0.286 e. The third-order valence-corrected chi connectivity index (χ3v) is 5.11. The maximum atomic E-state index is 13.6. The molecule has 3 aromatic rings. The van der Waals surface area contributed by atoms with E-state index in [2.05, 4.69) is 20.9 Å². The SMILES string of the molecule is COCCn1c(=NC(=O)COc2ccccc2F)sc2cc(Br)ccc21. The Morgan fingerprint density at radius 3 is 2.88 bits per heavy atom. The predicted molar refractivity (Wildman–Crippen MR) is 102 cm³/mol. The molecule has 1 amide bonds. The summed E-state index contributed by atoms with van der Waals surface area (Å²) in [5.74, 6) is -0.962. The van der Waals surface area contributed by atoms with Crippen LogP contribution in [0.2, 0.25) is 0 Å². The largest absolute Gasteiger partial charge is 0.481 e. The van der Waals surface area contributed by atoms with Crippen molar-refractivity contribution in [1.29, 1.82) is 0 Å². The number of fused-ring (bicyclic) bond motifs is 1. The van der Waals surface area contributed by atoms with Crippen molar-refractivity contribution in [2.75, 3.05) is 20.3 Å². The second-order valence-electron chi connectivity index (χ2n) is 5.37. The van der Waals surface area contributed by atoms with Crippen LogP contribution in [0.4, 0.5) is 4.39 Å². The van der Waals surface area contributed by atoms with E-state index >= 15 is 0 Å². The first-order valence-corrected chi connectivity index (χ1v) is 9.42. The molecule has 5 nitrogen and oxygen atoms in total. The first-order chi connectivity index (χ1) is 12.6. The number of nitrogens with zero attached hydrogens (tertiary/aromatic N) is 2. The average molecular weight is 439 g/mol. The van der Waals surface area contributed by atoms with Gasteiger partial charge in [0.05, 0.1) is 16.8 Å². The molecule has 0 saturated carbocycles. The minimum absolute atomic E-state index is 0.0311. The number of hydrogen-bond acceptors (Lipinski definition) is 4. The molecule has 0 saturated heterocycles. The van der Waals surface area contributed by atoms with Gasteiger partial charge in [0.25, 0.3) is 5.91 Å². The highest BCUT2D eigenvalue weighted by molar-refractivity contribution is 9.10. The first-order valence-electron chi connectivity index (χ1n) is 7.81. The highest BCUT2D eigenvalue weighted by Crippen LogP contribution is 2.22. The summed E-state index contributed by atoms with van der Waals surface area (Å²) < 4.78 is 27.8. The number of ether oxygens (including phenoxy) is 2. The number of benzene rings is 2. The molecule has 136 valence electrons. The topological polar surface area (TPSA) is 52.8 Å². The third-order valence-electron chi connectivity index (χ3n) is 3.57. The van der Waals surface area contributed by atoms with Gasteiger partial charge < -0.3 is 14.0 Å². The van der Waals surface area contributed by atoms with Crippen LogP contribution >= 0.6 is 27.3 Å². The molecule has 0 fully saturated rings. The Hall–Kier alpha value is -2.03. The smallest absolute Gasteiger partial charge is 0.286 e. The van der Waals surface area contributed by atoms with Gasteiger partial charge in [-0.15, -0.1) is 0 Å². The van der Waals surface area contributed by atoms with Gasteiger partial charge in [0.15, 0.2) is 23.0 Å².